The lowest BCUT2D eigenvalue weighted by Crippen LogP contribution is -2.36. The number of nitrogens with two attached hydrogens (primary N) is 1. The fraction of sp³-hybridized carbons (Fsp3) is 0.333. The second-order valence-electron chi connectivity index (χ2n) is 3.87. The molecule has 4 N–H and O–H groups in total. The zero-order valence-electron chi connectivity index (χ0n) is 10.4. The van der Waals surface area contributed by atoms with E-state index in [2.05, 4.69) is 5.32 Å². The second kappa shape index (κ2) is 7.08. The van der Waals surface area contributed by atoms with E-state index >= 15 is 0 Å². The third-order valence-corrected chi connectivity index (χ3v) is 2.67. The minimum atomic E-state index is -1.16. The van der Waals surface area contributed by atoms with Gasteiger partial charge in [0.25, 0.3) is 0 Å². The highest BCUT2D eigenvalue weighted by Crippen LogP contribution is 2.21. The van der Waals surface area contributed by atoms with E-state index in [1.165, 1.54) is 25.3 Å². The molecular formula is C12H15ClN2O4. The first-order valence-electron chi connectivity index (χ1n) is 5.54. The molecule has 7 heteroatoms. The van der Waals surface area contributed by atoms with Gasteiger partial charge < -0.3 is 20.9 Å². The number of hydrogen-bond acceptors (Lipinski definition) is 4. The smallest absolute Gasteiger partial charge is 0.337 e. The van der Waals surface area contributed by atoms with Crippen LogP contribution in [0.1, 0.15) is 16.8 Å². The predicted octanol–water partition coefficient (Wildman–Crippen LogP) is 1.34. The maximum Gasteiger partial charge on any atom is 0.337 e. The van der Waals surface area contributed by atoms with E-state index in [1.54, 1.807) is 0 Å². The Morgan fingerprint density at radius 2 is 2.21 bits per heavy atom. The standard InChI is InChI=1S/C12H15ClN2O4/c1-19-5-4-9(14)11(16)15-10-6-7(13)2-3-8(10)12(17)18/h2-3,6,9H,4-5,14H2,1H3,(H,15,16)(H,17,18). The van der Waals surface area contributed by atoms with Crippen LogP contribution in [0.25, 0.3) is 0 Å². The summed E-state index contributed by atoms with van der Waals surface area (Å²) >= 11 is 5.77. The Kier molecular flexibility index (Phi) is 5.75. The lowest BCUT2D eigenvalue weighted by atomic mass is 10.1. The number of nitrogens with one attached hydrogen (secondary N) is 1. The molecule has 0 spiro atoms. The summed E-state index contributed by atoms with van der Waals surface area (Å²) in [7, 11) is 1.50. The summed E-state index contributed by atoms with van der Waals surface area (Å²) < 4.78 is 4.82. The van der Waals surface area contributed by atoms with Gasteiger partial charge in [-0.15, -0.1) is 0 Å². The number of anilines is 1. The summed E-state index contributed by atoms with van der Waals surface area (Å²) in [5.41, 5.74) is 5.72. The number of methoxy groups -OCH3 is 1. The lowest BCUT2D eigenvalue weighted by Gasteiger charge is -2.13. The molecule has 1 amide bonds. The van der Waals surface area contributed by atoms with Crippen molar-refractivity contribution in [2.75, 3.05) is 19.0 Å². The maximum absolute atomic E-state index is 11.8. The van der Waals surface area contributed by atoms with Crippen LogP contribution in [0.5, 0.6) is 0 Å². The molecule has 104 valence electrons. The van der Waals surface area contributed by atoms with Crippen LogP contribution in [0.4, 0.5) is 5.69 Å². The fourth-order valence-electron chi connectivity index (χ4n) is 1.41. The topological polar surface area (TPSA) is 102 Å². The van der Waals surface area contributed by atoms with Crippen molar-refractivity contribution >= 4 is 29.2 Å². The highest BCUT2D eigenvalue weighted by molar-refractivity contribution is 6.31. The van der Waals surface area contributed by atoms with Gasteiger partial charge in [-0.2, -0.15) is 0 Å². The average Bonchev–Trinajstić information content (AvgIpc) is 2.35. The first-order chi connectivity index (χ1) is 8.95. The Bertz CT molecular complexity index is 479. The maximum atomic E-state index is 11.8. The van der Waals surface area contributed by atoms with Crippen molar-refractivity contribution in [2.45, 2.75) is 12.5 Å². The Morgan fingerprint density at radius 1 is 1.53 bits per heavy atom. The van der Waals surface area contributed by atoms with Gasteiger partial charge in [0.15, 0.2) is 0 Å². The van der Waals surface area contributed by atoms with Gasteiger partial charge in [-0.3, -0.25) is 4.79 Å². The average molecular weight is 287 g/mol. The Hall–Kier alpha value is -1.63. The van der Waals surface area contributed by atoms with Crippen LogP contribution in [0.15, 0.2) is 18.2 Å². The Balaban J connectivity index is 2.83. The van der Waals surface area contributed by atoms with Crippen molar-refractivity contribution in [1.29, 1.82) is 0 Å². The van der Waals surface area contributed by atoms with Crippen molar-refractivity contribution in [3.63, 3.8) is 0 Å². The van der Waals surface area contributed by atoms with Crippen LogP contribution >= 0.6 is 11.6 Å². The zero-order valence-corrected chi connectivity index (χ0v) is 11.1. The summed E-state index contributed by atoms with van der Waals surface area (Å²) in [6.07, 6.45) is 0.339. The zero-order chi connectivity index (χ0) is 14.4. The molecule has 0 radical (unpaired) electrons. The number of amides is 1. The van der Waals surface area contributed by atoms with Gasteiger partial charge in [-0.05, 0) is 24.6 Å². The van der Waals surface area contributed by atoms with Crippen molar-refractivity contribution in [3.8, 4) is 0 Å². The first-order valence-corrected chi connectivity index (χ1v) is 5.91. The van der Waals surface area contributed by atoms with Gasteiger partial charge >= 0.3 is 5.97 Å². The van der Waals surface area contributed by atoms with Crippen LogP contribution in [-0.4, -0.2) is 36.7 Å². The molecule has 0 heterocycles. The van der Waals surface area contributed by atoms with Crippen LogP contribution in [-0.2, 0) is 9.53 Å². The molecule has 0 saturated heterocycles. The molecule has 0 saturated carbocycles. The SMILES string of the molecule is COCCC(N)C(=O)Nc1cc(Cl)ccc1C(=O)O. The minimum Gasteiger partial charge on any atom is -0.478 e. The Labute approximate surface area is 115 Å². The molecule has 0 aromatic heterocycles. The molecule has 6 nitrogen and oxygen atoms in total. The van der Waals surface area contributed by atoms with E-state index in [-0.39, 0.29) is 11.3 Å². The van der Waals surface area contributed by atoms with E-state index in [1.807, 2.05) is 0 Å². The van der Waals surface area contributed by atoms with Crippen molar-refractivity contribution in [2.24, 2.45) is 5.73 Å². The van der Waals surface area contributed by atoms with Gasteiger partial charge in [0, 0.05) is 18.7 Å². The quantitative estimate of drug-likeness (QED) is 0.732. The van der Waals surface area contributed by atoms with Crippen molar-refractivity contribution < 1.29 is 19.4 Å². The highest BCUT2D eigenvalue weighted by atomic mass is 35.5. The highest BCUT2D eigenvalue weighted by Gasteiger charge is 2.17. The summed E-state index contributed by atoms with van der Waals surface area (Å²) in [5, 5.41) is 11.8. The second-order valence-corrected chi connectivity index (χ2v) is 4.31. The summed E-state index contributed by atoms with van der Waals surface area (Å²) in [6, 6.07) is 3.35. The Morgan fingerprint density at radius 3 is 2.79 bits per heavy atom. The van der Waals surface area contributed by atoms with E-state index in [0.717, 1.165) is 0 Å². The molecule has 1 aromatic carbocycles. The third kappa shape index (κ3) is 4.51. The molecule has 1 atom stereocenters. The normalized spacial score (nSPS) is 11.9. The molecule has 0 aliphatic carbocycles. The lowest BCUT2D eigenvalue weighted by molar-refractivity contribution is -0.117. The van der Waals surface area contributed by atoms with Crippen LogP contribution in [0, 0.1) is 0 Å². The molecule has 1 unspecified atom stereocenters. The van der Waals surface area contributed by atoms with Gasteiger partial charge in [-0.1, -0.05) is 11.6 Å². The van der Waals surface area contributed by atoms with Crippen molar-refractivity contribution in [1.82, 2.24) is 0 Å². The number of rotatable bonds is 6. The number of halogens is 1. The van der Waals surface area contributed by atoms with E-state index < -0.39 is 17.9 Å². The van der Waals surface area contributed by atoms with Gasteiger partial charge in [0.2, 0.25) is 5.91 Å². The van der Waals surface area contributed by atoms with Gasteiger partial charge in [0.1, 0.15) is 0 Å². The third-order valence-electron chi connectivity index (χ3n) is 2.44. The minimum absolute atomic E-state index is 0.0447. The monoisotopic (exact) mass is 286 g/mol. The number of carbonyl (C=O) groups is 2. The summed E-state index contributed by atoms with van der Waals surface area (Å²) in [4.78, 5) is 22.8. The number of carbonyl (C=O) groups excluding carboxylic acids is 1. The fourth-order valence-corrected chi connectivity index (χ4v) is 1.58. The number of aromatic carboxylic acids is 1. The largest absolute Gasteiger partial charge is 0.478 e. The van der Waals surface area contributed by atoms with E-state index in [9.17, 15) is 9.59 Å². The number of benzene rings is 1. The van der Waals surface area contributed by atoms with E-state index in [4.69, 9.17) is 27.2 Å². The number of hydrogen-bond donors (Lipinski definition) is 3. The predicted molar refractivity (Wildman–Crippen MR) is 71.5 cm³/mol. The first kappa shape index (κ1) is 15.4. The van der Waals surface area contributed by atoms with Crippen LogP contribution in [0.3, 0.4) is 0 Å². The van der Waals surface area contributed by atoms with Crippen molar-refractivity contribution in [3.05, 3.63) is 28.8 Å². The summed E-state index contributed by atoms with van der Waals surface area (Å²) in [6.45, 7) is 0.343. The number of carboxylic acids is 1. The molecular weight excluding hydrogens is 272 g/mol. The molecule has 0 aliphatic rings. The molecule has 1 aromatic rings. The van der Waals surface area contributed by atoms with Crippen LogP contribution in [0.2, 0.25) is 5.02 Å². The summed E-state index contributed by atoms with van der Waals surface area (Å²) in [5.74, 6) is -1.64. The molecule has 0 aliphatic heterocycles. The number of ether oxygens (including phenoxy) is 1. The molecule has 19 heavy (non-hydrogen) atoms. The number of carboxylic acid groups (broad SMARTS) is 1. The van der Waals surface area contributed by atoms with E-state index in [0.29, 0.717) is 18.1 Å². The van der Waals surface area contributed by atoms with Gasteiger partial charge in [-0.25, -0.2) is 4.79 Å². The molecule has 0 fully saturated rings. The van der Waals surface area contributed by atoms with Gasteiger partial charge in [0.05, 0.1) is 17.3 Å². The van der Waals surface area contributed by atoms with Crippen LogP contribution < -0.4 is 11.1 Å². The molecule has 0 bridgehead atoms. The molecule has 1 rings (SSSR count).